The molecule has 3 rings (SSSR count). The van der Waals surface area contributed by atoms with Crippen molar-refractivity contribution >= 4 is 23.3 Å². The Kier molecular flexibility index (Phi) is 7.52. The van der Waals surface area contributed by atoms with E-state index < -0.39 is 0 Å². The van der Waals surface area contributed by atoms with Gasteiger partial charge in [0.1, 0.15) is 18.9 Å². The molecule has 0 radical (unpaired) electrons. The Labute approximate surface area is 182 Å². The van der Waals surface area contributed by atoms with E-state index in [1.165, 1.54) is 9.78 Å². The van der Waals surface area contributed by atoms with Gasteiger partial charge >= 0.3 is 6.03 Å². The Morgan fingerprint density at radius 1 is 1.33 bits per heavy atom. The highest BCUT2D eigenvalue weighted by Crippen LogP contribution is 2.34. The van der Waals surface area contributed by atoms with E-state index in [1.54, 1.807) is 17.4 Å². The maximum atomic E-state index is 13.2. The average molecular weight is 428 g/mol. The number of hydrogen-bond acceptors (Lipinski definition) is 4. The van der Waals surface area contributed by atoms with E-state index in [0.717, 1.165) is 17.7 Å². The molecule has 0 spiro atoms. The Morgan fingerprint density at radius 3 is 2.80 bits per heavy atom. The molecule has 1 aliphatic rings. The number of rotatable bonds is 8. The maximum absolute atomic E-state index is 13.2. The molecule has 1 aromatic heterocycles. The molecule has 0 fully saturated rings. The first kappa shape index (κ1) is 21.9. The van der Waals surface area contributed by atoms with Gasteiger partial charge in [-0.1, -0.05) is 24.3 Å². The molecule has 30 heavy (non-hydrogen) atoms. The molecule has 2 aromatic rings. The van der Waals surface area contributed by atoms with Crippen LogP contribution in [-0.2, 0) is 11.2 Å². The fraction of sp³-hybridized carbons (Fsp3) is 0.391. The van der Waals surface area contributed by atoms with Crippen LogP contribution in [0.4, 0.5) is 4.79 Å². The summed E-state index contributed by atoms with van der Waals surface area (Å²) in [6.45, 7) is 8.81. The number of nitrogens with zero attached hydrogens (tertiary/aromatic N) is 2. The second-order valence-electron chi connectivity index (χ2n) is 7.55. The summed E-state index contributed by atoms with van der Waals surface area (Å²) >= 11 is 1.72. The van der Waals surface area contributed by atoms with Gasteiger partial charge < -0.3 is 19.9 Å². The van der Waals surface area contributed by atoms with Crippen LogP contribution in [0.5, 0.6) is 5.75 Å². The van der Waals surface area contributed by atoms with Crippen molar-refractivity contribution < 1.29 is 14.3 Å². The third-order valence-corrected chi connectivity index (χ3v) is 5.94. The highest BCUT2D eigenvalue weighted by atomic mass is 32.1. The summed E-state index contributed by atoms with van der Waals surface area (Å²) in [5.74, 6) is 0.686. The third kappa shape index (κ3) is 5.42. The zero-order chi connectivity index (χ0) is 21.5. The van der Waals surface area contributed by atoms with E-state index in [0.29, 0.717) is 19.7 Å². The zero-order valence-corrected chi connectivity index (χ0v) is 18.4. The van der Waals surface area contributed by atoms with Crippen LogP contribution < -0.4 is 10.1 Å². The van der Waals surface area contributed by atoms with Gasteiger partial charge in [0.25, 0.3) is 0 Å². The minimum Gasteiger partial charge on any atom is -0.491 e. The molecule has 0 bridgehead atoms. The van der Waals surface area contributed by atoms with Crippen LogP contribution in [0.2, 0.25) is 0 Å². The van der Waals surface area contributed by atoms with E-state index in [1.807, 2.05) is 49.1 Å². The van der Waals surface area contributed by atoms with Crippen LogP contribution >= 0.6 is 11.3 Å². The van der Waals surface area contributed by atoms with Gasteiger partial charge in [-0.05, 0) is 49.4 Å². The summed E-state index contributed by atoms with van der Waals surface area (Å²) in [5, 5.41) is 4.91. The Bertz CT molecular complexity index is 866. The number of para-hydroxylation sites is 1. The summed E-state index contributed by atoms with van der Waals surface area (Å²) in [5.41, 5.74) is 1.14. The number of carbonyl (C=O) groups excluding carboxylic acids is 2. The van der Waals surface area contributed by atoms with Gasteiger partial charge in [0.05, 0.1) is 6.04 Å². The number of hydrogen-bond donors (Lipinski definition) is 1. The largest absolute Gasteiger partial charge is 0.491 e. The molecule has 0 saturated carbocycles. The van der Waals surface area contributed by atoms with Gasteiger partial charge in [0.2, 0.25) is 5.91 Å². The van der Waals surface area contributed by atoms with Crippen molar-refractivity contribution in [3.05, 3.63) is 64.9 Å². The number of thiophene rings is 1. The molecule has 3 amide bonds. The van der Waals surface area contributed by atoms with Crippen LogP contribution in [0.25, 0.3) is 0 Å². The third-order valence-electron chi connectivity index (χ3n) is 4.94. The standard InChI is InChI=1S/C23H29N3O3S/c1-4-12-25(23(28)24-17(2)3)15-22(27)26-13-10-21-19(11-14-30-21)20(26)16-29-18-8-6-5-7-9-18/h4-9,11,14,17,20H,1,10,12-13,15-16H2,2-3H3,(H,24,28)/t20-/m0/s1. The molecular weight excluding hydrogens is 398 g/mol. The number of ether oxygens (including phenoxy) is 1. The fourth-order valence-electron chi connectivity index (χ4n) is 3.53. The van der Waals surface area contributed by atoms with Crippen LogP contribution in [0.15, 0.2) is 54.4 Å². The van der Waals surface area contributed by atoms with Gasteiger partial charge in [-0.2, -0.15) is 0 Å². The molecule has 160 valence electrons. The predicted octanol–water partition coefficient (Wildman–Crippen LogP) is 3.86. The van der Waals surface area contributed by atoms with Crippen molar-refractivity contribution in [1.29, 1.82) is 0 Å². The molecule has 2 heterocycles. The molecule has 0 unspecified atom stereocenters. The Morgan fingerprint density at radius 2 is 2.10 bits per heavy atom. The van der Waals surface area contributed by atoms with Crippen molar-refractivity contribution in [1.82, 2.24) is 15.1 Å². The molecule has 7 heteroatoms. The van der Waals surface area contributed by atoms with Crippen molar-refractivity contribution in [2.24, 2.45) is 0 Å². The lowest BCUT2D eigenvalue weighted by molar-refractivity contribution is -0.135. The second kappa shape index (κ2) is 10.3. The Balaban J connectivity index is 1.74. The van der Waals surface area contributed by atoms with Gasteiger partial charge in [0.15, 0.2) is 0 Å². The number of carbonyl (C=O) groups is 2. The number of benzene rings is 1. The monoisotopic (exact) mass is 427 g/mol. The minimum absolute atomic E-state index is 0.00436. The molecular formula is C23H29N3O3S. The van der Waals surface area contributed by atoms with E-state index >= 15 is 0 Å². The maximum Gasteiger partial charge on any atom is 0.318 e. The molecule has 1 N–H and O–H groups in total. The first-order valence-electron chi connectivity index (χ1n) is 10.2. The quantitative estimate of drug-likeness (QED) is 0.651. The Hall–Kier alpha value is -2.80. The zero-order valence-electron chi connectivity index (χ0n) is 17.5. The first-order valence-corrected chi connectivity index (χ1v) is 11.1. The summed E-state index contributed by atoms with van der Waals surface area (Å²) in [7, 11) is 0. The highest BCUT2D eigenvalue weighted by Gasteiger charge is 2.33. The minimum atomic E-state index is -0.261. The van der Waals surface area contributed by atoms with Gasteiger partial charge in [-0.25, -0.2) is 4.79 Å². The molecule has 1 atom stereocenters. The number of amides is 3. The van der Waals surface area contributed by atoms with Crippen molar-refractivity contribution in [2.45, 2.75) is 32.4 Å². The lowest BCUT2D eigenvalue weighted by atomic mass is 10.0. The van der Waals surface area contributed by atoms with Gasteiger partial charge in [0, 0.05) is 24.0 Å². The fourth-order valence-corrected chi connectivity index (χ4v) is 4.46. The van der Waals surface area contributed by atoms with Crippen LogP contribution in [0.1, 0.15) is 30.3 Å². The van der Waals surface area contributed by atoms with Crippen LogP contribution in [0, 0.1) is 0 Å². The highest BCUT2D eigenvalue weighted by molar-refractivity contribution is 7.10. The molecule has 6 nitrogen and oxygen atoms in total. The summed E-state index contributed by atoms with van der Waals surface area (Å²) in [4.78, 5) is 30.4. The SMILES string of the molecule is C=CCN(CC(=O)N1CCc2sccc2[C@@H]1COc1ccccc1)C(=O)NC(C)C. The number of fused-ring (bicyclic) bond motifs is 1. The lowest BCUT2D eigenvalue weighted by Gasteiger charge is -2.37. The van der Waals surface area contributed by atoms with Crippen molar-refractivity contribution in [3.8, 4) is 5.75 Å². The van der Waals surface area contributed by atoms with Gasteiger partial charge in [-0.15, -0.1) is 17.9 Å². The van der Waals surface area contributed by atoms with Crippen LogP contribution in [0.3, 0.4) is 0 Å². The molecule has 1 aromatic carbocycles. The lowest BCUT2D eigenvalue weighted by Crippen LogP contribution is -2.50. The molecule has 0 aliphatic carbocycles. The normalized spacial score (nSPS) is 15.4. The number of nitrogens with one attached hydrogen (secondary N) is 1. The smallest absolute Gasteiger partial charge is 0.318 e. The van der Waals surface area contributed by atoms with E-state index in [-0.39, 0.29) is 30.6 Å². The van der Waals surface area contributed by atoms with Crippen LogP contribution in [-0.4, -0.2) is 54.0 Å². The first-order chi connectivity index (χ1) is 14.5. The topological polar surface area (TPSA) is 61.9 Å². The van der Waals surface area contributed by atoms with E-state index in [9.17, 15) is 9.59 Å². The van der Waals surface area contributed by atoms with Crippen molar-refractivity contribution in [2.75, 3.05) is 26.2 Å². The number of urea groups is 1. The molecule has 0 saturated heterocycles. The second-order valence-corrected chi connectivity index (χ2v) is 8.55. The van der Waals surface area contributed by atoms with Crippen molar-refractivity contribution in [3.63, 3.8) is 0 Å². The summed E-state index contributed by atoms with van der Waals surface area (Å²) < 4.78 is 6.01. The average Bonchev–Trinajstić information content (AvgIpc) is 3.21. The van der Waals surface area contributed by atoms with E-state index in [4.69, 9.17) is 4.74 Å². The molecule has 1 aliphatic heterocycles. The summed E-state index contributed by atoms with van der Waals surface area (Å²) in [6.07, 6.45) is 2.45. The van der Waals surface area contributed by atoms with E-state index in [2.05, 4.69) is 23.3 Å². The summed E-state index contributed by atoms with van der Waals surface area (Å²) in [6, 6.07) is 11.2. The predicted molar refractivity (Wildman–Crippen MR) is 120 cm³/mol. The van der Waals surface area contributed by atoms with Gasteiger partial charge in [-0.3, -0.25) is 4.79 Å².